The molecule has 1 N–H and O–H groups in total. The molecule has 0 aromatic heterocycles. The summed E-state index contributed by atoms with van der Waals surface area (Å²) in [5, 5.41) is 3.33. The van der Waals surface area contributed by atoms with Gasteiger partial charge in [0.25, 0.3) is 5.91 Å². The lowest BCUT2D eigenvalue weighted by atomic mass is 9.97. The maximum absolute atomic E-state index is 13.0. The molecule has 6 nitrogen and oxygen atoms in total. The summed E-state index contributed by atoms with van der Waals surface area (Å²) in [5.41, 5.74) is 2.74. The van der Waals surface area contributed by atoms with Crippen LogP contribution < -0.4 is 5.32 Å². The van der Waals surface area contributed by atoms with E-state index >= 15 is 0 Å². The Bertz CT molecular complexity index is 572. The van der Waals surface area contributed by atoms with Gasteiger partial charge in [0.1, 0.15) is 6.54 Å². The summed E-state index contributed by atoms with van der Waals surface area (Å²) < 4.78 is 5.08. The lowest BCUT2D eigenvalue weighted by Gasteiger charge is -2.26. The third-order valence-electron chi connectivity index (χ3n) is 4.00. The van der Waals surface area contributed by atoms with Gasteiger partial charge in [0, 0.05) is 45.5 Å². The zero-order valence-corrected chi connectivity index (χ0v) is 14.1. The van der Waals surface area contributed by atoms with Crippen molar-refractivity contribution in [1.82, 2.24) is 9.80 Å². The Morgan fingerprint density at radius 3 is 2.78 bits per heavy atom. The molecule has 0 unspecified atom stereocenters. The average Bonchev–Trinajstić information content (AvgIpc) is 2.57. The summed E-state index contributed by atoms with van der Waals surface area (Å²) in [5.74, 6) is -0.213. The highest BCUT2D eigenvalue weighted by Crippen LogP contribution is 2.26. The van der Waals surface area contributed by atoms with Crippen LogP contribution in [0.4, 0.5) is 5.69 Å². The number of carbonyl (C=O) groups is 2. The first-order chi connectivity index (χ1) is 11.0. The van der Waals surface area contributed by atoms with Gasteiger partial charge in [-0.3, -0.25) is 9.59 Å². The van der Waals surface area contributed by atoms with Crippen LogP contribution in [0.15, 0.2) is 18.2 Å². The van der Waals surface area contributed by atoms with Crippen LogP contribution in [0.1, 0.15) is 22.3 Å². The summed E-state index contributed by atoms with van der Waals surface area (Å²) in [4.78, 5) is 28.0. The van der Waals surface area contributed by atoms with Crippen molar-refractivity contribution in [3.8, 4) is 0 Å². The number of amides is 2. The highest BCUT2D eigenvalue weighted by Gasteiger charge is 2.24. The first-order valence-corrected chi connectivity index (χ1v) is 7.88. The SMILES string of the molecule is COCCN(CC(=O)N(C)C)C(=O)c1cccc2c1CCCN2. The number of methoxy groups -OCH3 is 1. The second-order valence-electron chi connectivity index (χ2n) is 5.87. The van der Waals surface area contributed by atoms with Gasteiger partial charge >= 0.3 is 0 Å². The van der Waals surface area contributed by atoms with Gasteiger partial charge in [-0.1, -0.05) is 6.07 Å². The number of rotatable bonds is 6. The van der Waals surface area contributed by atoms with E-state index in [0.29, 0.717) is 18.7 Å². The van der Waals surface area contributed by atoms with Crippen LogP contribution in [0.2, 0.25) is 0 Å². The van der Waals surface area contributed by atoms with E-state index in [0.717, 1.165) is 30.6 Å². The summed E-state index contributed by atoms with van der Waals surface area (Å²) >= 11 is 0. The second kappa shape index (κ2) is 7.97. The molecule has 2 rings (SSSR count). The molecule has 1 aromatic rings. The van der Waals surface area contributed by atoms with E-state index in [9.17, 15) is 9.59 Å². The van der Waals surface area contributed by atoms with Crippen LogP contribution in [0.5, 0.6) is 0 Å². The van der Waals surface area contributed by atoms with E-state index in [1.807, 2.05) is 18.2 Å². The van der Waals surface area contributed by atoms with Gasteiger partial charge in [-0.15, -0.1) is 0 Å². The molecule has 126 valence electrons. The number of ether oxygens (including phenoxy) is 1. The normalized spacial score (nSPS) is 13.0. The third-order valence-corrected chi connectivity index (χ3v) is 4.00. The Labute approximate surface area is 137 Å². The highest BCUT2D eigenvalue weighted by molar-refractivity contribution is 5.99. The minimum absolute atomic E-state index is 0.0618. The van der Waals surface area contributed by atoms with Crippen LogP contribution in [0, 0.1) is 0 Å². The summed E-state index contributed by atoms with van der Waals surface area (Å²) in [6, 6.07) is 5.72. The second-order valence-corrected chi connectivity index (χ2v) is 5.87. The van der Waals surface area contributed by atoms with Crippen LogP contribution in [0.25, 0.3) is 0 Å². The molecule has 6 heteroatoms. The Hall–Kier alpha value is -2.08. The molecule has 1 aliphatic rings. The van der Waals surface area contributed by atoms with Gasteiger partial charge in [0.2, 0.25) is 5.91 Å². The van der Waals surface area contributed by atoms with Crippen molar-refractivity contribution >= 4 is 17.5 Å². The molecule has 1 aliphatic heterocycles. The van der Waals surface area contributed by atoms with Crippen molar-refractivity contribution in [3.63, 3.8) is 0 Å². The zero-order chi connectivity index (χ0) is 16.8. The van der Waals surface area contributed by atoms with Crippen molar-refractivity contribution in [2.45, 2.75) is 12.8 Å². The Kier molecular flexibility index (Phi) is 5.98. The van der Waals surface area contributed by atoms with E-state index < -0.39 is 0 Å². The number of hydrogen-bond donors (Lipinski definition) is 1. The minimum Gasteiger partial charge on any atom is -0.385 e. The minimum atomic E-state index is -0.113. The largest absolute Gasteiger partial charge is 0.385 e. The van der Waals surface area contributed by atoms with Crippen molar-refractivity contribution in [3.05, 3.63) is 29.3 Å². The number of hydrogen-bond acceptors (Lipinski definition) is 4. The van der Waals surface area contributed by atoms with Gasteiger partial charge in [-0.25, -0.2) is 0 Å². The molecule has 0 spiro atoms. The molecule has 23 heavy (non-hydrogen) atoms. The topological polar surface area (TPSA) is 61.9 Å². The number of likely N-dealkylation sites (N-methyl/N-ethyl adjacent to an activating group) is 1. The first-order valence-electron chi connectivity index (χ1n) is 7.88. The Balaban J connectivity index is 2.24. The summed E-state index contributed by atoms with van der Waals surface area (Å²) in [7, 11) is 4.97. The smallest absolute Gasteiger partial charge is 0.254 e. The fourth-order valence-electron chi connectivity index (χ4n) is 2.64. The molecule has 0 aliphatic carbocycles. The summed E-state index contributed by atoms with van der Waals surface area (Å²) in [6.07, 6.45) is 1.88. The molecule has 1 heterocycles. The van der Waals surface area contributed by atoms with E-state index in [2.05, 4.69) is 5.32 Å². The fraction of sp³-hybridized carbons (Fsp3) is 0.529. The molecular weight excluding hydrogens is 294 g/mol. The monoisotopic (exact) mass is 319 g/mol. The predicted octanol–water partition coefficient (Wildman–Crippen LogP) is 1.22. The van der Waals surface area contributed by atoms with Crippen molar-refractivity contribution < 1.29 is 14.3 Å². The standard InChI is InChI=1S/C17H25N3O3/c1-19(2)16(21)12-20(10-11-23-3)17(22)14-6-4-8-15-13(14)7-5-9-18-15/h4,6,8,18H,5,7,9-12H2,1-3H3. The molecule has 0 saturated heterocycles. The molecule has 0 atom stereocenters. The van der Waals surface area contributed by atoms with Gasteiger partial charge in [0.15, 0.2) is 0 Å². The molecule has 1 aromatic carbocycles. The van der Waals surface area contributed by atoms with Gasteiger partial charge in [-0.2, -0.15) is 0 Å². The highest BCUT2D eigenvalue weighted by atomic mass is 16.5. The summed E-state index contributed by atoms with van der Waals surface area (Å²) in [6.45, 7) is 1.79. The van der Waals surface area contributed by atoms with Crippen LogP contribution >= 0.6 is 0 Å². The van der Waals surface area contributed by atoms with Crippen molar-refractivity contribution in [2.24, 2.45) is 0 Å². The molecular formula is C17H25N3O3. The Morgan fingerprint density at radius 1 is 1.30 bits per heavy atom. The number of fused-ring (bicyclic) bond motifs is 1. The van der Waals surface area contributed by atoms with E-state index in [1.54, 1.807) is 26.1 Å². The van der Waals surface area contributed by atoms with Crippen LogP contribution in [-0.2, 0) is 16.0 Å². The average molecular weight is 319 g/mol. The molecule has 0 radical (unpaired) electrons. The molecule has 0 saturated carbocycles. The van der Waals surface area contributed by atoms with E-state index in [4.69, 9.17) is 4.74 Å². The molecule has 0 fully saturated rings. The number of nitrogens with one attached hydrogen (secondary N) is 1. The van der Waals surface area contributed by atoms with Crippen LogP contribution in [0.3, 0.4) is 0 Å². The van der Waals surface area contributed by atoms with E-state index in [1.165, 1.54) is 4.90 Å². The first kappa shape index (κ1) is 17.3. The fourth-order valence-corrected chi connectivity index (χ4v) is 2.64. The van der Waals surface area contributed by atoms with Crippen molar-refractivity contribution in [2.75, 3.05) is 52.8 Å². The lowest BCUT2D eigenvalue weighted by Crippen LogP contribution is -2.42. The quantitative estimate of drug-likeness (QED) is 0.856. The van der Waals surface area contributed by atoms with Gasteiger partial charge in [-0.05, 0) is 30.5 Å². The predicted molar refractivity (Wildman–Crippen MR) is 89.7 cm³/mol. The molecule has 2 amide bonds. The molecule has 0 bridgehead atoms. The van der Waals surface area contributed by atoms with Crippen LogP contribution in [-0.4, -0.2) is 69.1 Å². The maximum atomic E-state index is 13.0. The van der Waals surface area contributed by atoms with Gasteiger partial charge < -0.3 is 19.9 Å². The van der Waals surface area contributed by atoms with Gasteiger partial charge in [0.05, 0.1) is 6.61 Å². The number of benzene rings is 1. The zero-order valence-electron chi connectivity index (χ0n) is 14.1. The Morgan fingerprint density at radius 2 is 2.09 bits per heavy atom. The third kappa shape index (κ3) is 4.22. The number of anilines is 1. The van der Waals surface area contributed by atoms with E-state index in [-0.39, 0.29) is 18.4 Å². The van der Waals surface area contributed by atoms with Crippen molar-refractivity contribution in [1.29, 1.82) is 0 Å². The number of carbonyl (C=O) groups excluding carboxylic acids is 2. The maximum Gasteiger partial charge on any atom is 0.254 e. The lowest BCUT2D eigenvalue weighted by molar-refractivity contribution is -0.129. The number of nitrogens with zero attached hydrogens (tertiary/aromatic N) is 2.